The lowest BCUT2D eigenvalue weighted by Crippen LogP contribution is -2.30. The van der Waals surface area contributed by atoms with Crippen LogP contribution in [0.3, 0.4) is 0 Å². The summed E-state index contributed by atoms with van der Waals surface area (Å²) in [6, 6.07) is 5.14. The van der Waals surface area contributed by atoms with Crippen molar-refractivity contribution in [3.05, 3.63) is 28.2 Å². The lowest BCUT2D eigenvalue weighted by molar-refractivity contribution is -0.132. The molecule has 0 radical (unpaired) electrons. The molecule has 2 aromatic rings. The fraction of sp³-hybridized carbons (Fsp3) is 0.474. The van der Waals surface area contributed by atoms with Crippen LogP contribution in [0.4, 0.5) is 5.69 Å². The van der Waals surface area contributed by atoms with Gasteiger partial charge >= 0.3 is 0 Å². The predicted molar refractivity (Wildman–Crippen MR) is 104 cm³/mol. The Bertz CT molecular complexity index is 885. The third-order valence-electron chi connectivity index (χ3n) is 4.87. The van der Waals surface area contributed by atoms with Crippen molar-refractivity contribution in [1.82, 2.24) is 15.1 Å². The molecule has 1 fully saturated rings. The Kier molecular flexibility index (Phi) is 5.43. The molecule has 9 heteroatoms. The zero-order chi connectivity index (χ0) is 19.5. The van der Waals surface area contributed by atoms with Gasteiger partial charge in [-0.25, -0.2) is 0 Å². The number of benzene rings is 1. The number of likely N-dealkylation sites (tertiary alicyclic amines) is 1. The molecule has 2 aliphatic rings. The topological polar surface area (TPSA) is 93.7 Å². The number of unbranched alkanes of at least 4 members (excludes halogenated alkanes) is 1. The molecule has 3 heterocycles. The maximum Gasteiger partial charge on any atom is 0.286 e. The van der Waals surface area contributed by atoms with Gasteiger partial charge in [-0.2, -0.15) is 0 Å². The van der Waals surface area contributed by atoms with Gasteiger partial charge in [0.1, 0.15) is 5.01 Å². The fourth-order valence-electron chi connectivity index (χ4n) is 3.41. The van der Waals surface area contributed by atoms with Crippen LogP contribution in [0.1, 0.15) is 59.9 Å². The number of nitrogens with one attached hydrogen (secondary N) is 1. The molecule has 1 saturated heterocycles. The Hall–Kier alpha value is -2.68. The molecule has 0 unspecified atom stereocenters. The van der Waals surface area contributed by atoms with Gasteiger partial charge < -0.3 is 19.7 Å². The molecule has 1 aromatic heterocycles. The highest BCUT2D eigenvalue weighted by Crippen LogP contribution is 2.36. The van der Waals surface area contributed by atoms with Crippen molar-refractivity contribution in [3.63, 3.8) is 0 Å². The molecule has 0 bridgehead atoms. The van der Waals surface area contributed by atoms with E-state index in [4.69, 9.17) is 9.47 Å². The van der Waals surface area contributed by atoms with Gasteiger partial charge in [0.2, 0.25) is 17.7 Å². The largest absolute Gasteiger partial charge is 0.454 e. The van der Waals surface area contributed by atoms with E-state index in [-0.39, 0.29) is 29.7 Å². The summed E-state index contributed by atoms with van der Waals surface area (Å²) in [5, 5.41) is 12.1. The number of anilines is 1. The van der Waals surface area contributed by atoms with Gasteiger partial charge in [0, 0.05) is 24.7 Å². The minimum Gasteiger partial charge on any atom is -0.454 e. The molecule has 1 aromatic carbocycles. The van der Waals surface area contributed by atoms with Crippen molar-refractivity contribution in [1.29, 1.82) is 0 Å². The highest BCUT2D eigenvalue weighted by Gasteiger charge is 2.32. The molecule has 0 spiro atoms. The first-order valence-corrected chi connectivity index (χ1v) is 10.3. The number of carbonyl (C=O) groups excluding carboxylic acids is 2. The van der Waals surface area contributed by atoms with Crippen LogP contribution >= 0.6 is 11.3 Å². The maximum absolute atomic E-state index is 12.5. The van der Waals surface area contributed by atoms with Gasteiger partial charge in [-0.3, -0.25) is 9.59 Å². The first kappa shape index (κ1) is 18.7. The molecular formula is C19H22N4O4S. The van der Waals surface area contributed by atoms with Gasteiger partial charge in [-0.05, 0) is 31.4 Å². The van der Waals surface area contributed by atoms with Crippen LogP contribution in [0.5, 0.6) is 11.5 Å². The highest BCUT2D eigenvalue weighted by molar-refractivity contribution is 7.13. The summed E-state index contributed by atoms with van der Waals surface area (Å²) in [5.41, 5.74) is 0.600. The molecule has 4 rings (SSSR count). The number of rotatable bonds is 6. The van der Waals surface area contributed by atoms with Crippen molar-refractivity contribution in [3.8, 4) is 11.5 Å². The first-order valence-electron chi connectivity index (χ1n) is 9.49. The van der Waals surface area contributed by atoms with Crippen molar-refractivity contribution in [2.24, 2.45) is 0 Å². The molecule has 2 aliphatic heterocycles. The second-order valence-corrected chi connectivity index (χ2v) is 7.83. The summed E-state index contributed by atoms with van der Waals surface area (Å²) in [5.74, 6) is 1.09. The van der Waals surface area contributed by atoms with Crippen LogP contribution < -0.4 is 14.8 Å². The van der Waals surface area contributed by atoms with Crippen molar-refractivity contribution in [2.75, 3.05) is 18.7 Å². The summed E-state index contributed by atoms with van der Waals surface area (Å²) in [6.07, 6.45) is 4.25. The SMILES string of the molecule is CCCCC(=O)N1CCC[C@H]1c1nnc(C(=O)Nc2ccc3c(c2)OCO3)s1. The summed E-state index contributed by atoms with van der Waals surface area (Å²) >= 11 is 1.24. The Labute approximate surface area is 166 Å². The first-order chi connectivity index (χ1) is 13.7. The van der Waals surface area contributed by atoms with Crippen LogP contribution in [0.15, 0.2) is 18.2 Å². The van der Waals surface area contributed by atoms with E-state index in [9.17, 15) is 9.59 Å². The number of amides is 2. The minimum atomic E-state index is -0.329. The average molecular weight is 402 g/mol. The summed E-state index contributed by atoms with van der Waals surface area (Å²) < 4.78 is 10.6. The van der Waals surface area contributed by atoms with E-state index >= 15 is 0 Å². The Morgan fingerprint density at radius 1 is 1.29 bits per heavy atom. The Morgan fingerprint density at radius 3 is 3.00 bits per heavy atom. The third kappa shape index (κ3) is 3.80. The smallest absolute Gasteiger partial charge is 0.286 e. The van der Waals surface area contributed by atoms with Crippen LogP contribution in [0.25, 0.3) is 0 Å². The molecule has 1 atom stereocenters. The molecule has 0 aliphatic carbocycles. The Morgan fingerprint density at radius 2 is 2.14 bits per heavy atom. The monoisotopic (exact) mass is 402 g/mol. The van der Waals surface area contributed by atoms with Gasteiger partial charge in [-0.15, -0.1) is 10.2 Å². The van der Waals surface area contributed by atoms with E-state index < -0.39 is 0 Å². The van der Waals surface area contributed by atoms with Crippen molar-refractivity contribution < 1.29 is 19.1 Å². The van der Waals surface area contributed by atoms with E-state index in [1.54, 1.807) is 18.2 Å². The third-order valence-corrected chi connectivity index (χ3v) is 5.89. The quantitative estimate of drug-likeness (QED) is 0.796. The summed E-state index contributed by atoms with van der Waals surface area (Å²) in [7, 11) is 0. The van der Waals surface area contributed by atoms with Gasteiger partial charge in [0.25, 0.3) is 5.91 Å². The number of hydrogen-bond acceptors (Lipinski definition) is 7. The summed E-state index contributed by atoms with van der Waals surface area (Å²) in [6.45, 7) is 3.00. The predicted octanol–water partition coefficient (Wildman–Crippen LogP) is 3.37. The van der Waals surface area contributed by atoms with Crippen molar-refractivity contribution >= 4 is 28.8 Å². The molecule has 0 saturated carbocycles. The van der Waals surface area contributed by atoms with E-state index in [2.05, 4.69) is 22.4 Å². The van der Waals surface area contributed by atoms with E-state index in [1.165, 1.54) is 11.3 Å². The standard InChI is InChI=1S/C19H22N4O4S/c1-2-3-6-16(24)23-9-4-5-13(23)18-21-22-19(28-18)17(25)20-12-7-8-14-15(10-12)27-11-26-14/h7-8,10,13H,2-6,9,11H2,1H3,(H,20,25)/t13-/m0/s1. The molecule has 2 amide bonds. The second-order valence-electron chi connectivity index (χ2n) is 6.82. The molecule has 28 heavy (non-hydrogen) atoms. The average Bonchev–Trinajstić information content (AvgIpc) is 3.45. The number of hydrogen-bond donors (Lipinski definition) is 1. The number of nitrogens with zero attached hydrogens (tertiary/aromatic N) is 3. The molecule has 148 valence electrons. The number of carbonyl (C=O) groups is 2. The number of fused-ring (bicyclic) bond motifs is 1. The van der Waals surface area contributed by atoms with E-state index in [0.29, 0.717) is 23.6 Å². The summed E-state index contributed by atoms with van der Waals surface area (Å²) in [4.78, 5) is 26.9. The fourth-order valence-corrected chi connectivity index (χ4v) is 4.30. The van der Waals surface area contributed by atoms with Crippen LogP contribution in [-0.4, -0.2) is 40.2 Å². The normalized spacial score (nSPS) is 17.8. The lowest BCUT2D eigenvalue weighted by Gasteiger charge is -2.22. The Balaban J connectivity index is 1.43. The van der Waals surface area contributed by atoms with Crippen molar-refractivity contribution in [2.45, 2.75) is 45.1 Å². The number of aromatic nitrogens is 2. The molecular weight excluding hydrogens is 380 g/mol. The van der Waals surface area contributed by atoms with Crippen LogP contribution in [0, 0.1) is 0 Å². The van der Waals surface area contributed by atoms with Crippen LogP contribution in [-0.2, 0) is 4.79 Å². The van der Waals surface area contributed by atoms with Crippen LogP contribution in [0.2, 0.25) is 0 Å². The highest BCUT2D eigenvalue weighted by atomic mass is 32.1. The zero-order valence-corrected chi connectivity index (χ0v) is 16.5. The van der Waals surface area contributed by atoms with E-state index in [0.717, 1.165) is 37.2 Å². The van der Waals surface area contributed by atoms with Gasteiger partial charge in [0.15, 0.2) is 11.5 Å². The van der Waals surface area contributed by atoms with E-state index in [1.807, 2.05) is 4.90 Å². The number of ether oxygens (including phenoxy) is 2. The molecule has 1 N–H and O–H groups in total. The minimum absolute atomic E-state index is 0.0750. The lowest BCUT2D eigenvalue weighted by atomic mass is 10.2. The van der Waals surface area contributed by atoms with Gasteiger partial charge in [0.05, 0.1) is 6.04 Å². The second kappa shape index (κ2) is 8.14. The maximum atomic E-state index is 12.5. The zero-order valence-electron chi connectivity index (χ0n) is 15.6. The van der Waals surface area contributed by atoms with Gasteiger partial charge in [-0.1, -0.05) is 24.7 Å². The molecule has 8 nitrogen and oxygen atoms in total.